The Hall–Kier alpha value is -2.44. The number of pyridine rings is 1. The van der Waals surface area contributed by atoms with E-state index in [0.717, 1.165) is 43.7 Å². The zero-order valence-corrected chi connectivity index (χ0v) is 16.6. The summed E-state index contributed by atoms with van der Waals surface area (Å²) in [5, 5.41) is 0. The van der Waals surface area contributed by atoms with Crippen LogP contribution in [0.15, 0.2) is 48.8 Å². The van der Waals surface area contributed by atoms with Crippen molar-refractivity contribution in [2.75, 3.05) is 38.6 Å². The second-order valence-electron chi connectivity index (χ2n) is 8.01. The molecular weight excluding hydrogens is 350 g/mol. The van der Waals surface area contributed by atoms with E-state index in [1.54, 1.807) is 0 Å². The molecule has 6 nitrogen and oxygen atoms in total. The molecule has 2 N–H and O–H groups in total. The Bertz CT molecular complexity index is 784. The number of hydrogen-bond donors (Lipinski definition) is 2. The van der Waals surface area contributed by atoms with Gasteiger partial charge in [0.25, 0.3) is 5.91 Å². The van der Waals surface area contributed by atoms with Gasteiger partial charge in [0.05, 0.1) is 0 Å². The SMILES string of the molecule is CN(C)c1ccc(C(=O)N2CCC(C3NNCC3c3ccncc3)CC2)cc1. The van der Waals surface area contributed by atoms with Crippen LogP contribution in [0.5, 0.6) is 0 Å². The van der Waals surface area contributed by atoms with Crippen molar-refractivity contribution in [2.24, 2.45) is 5.92 Å². The van der Waals surface area contributed by atoms with Crippen LogP contribution in [-0.4, -0.2) is 55.6 Å². The van der Waals surface area contributed by atoms with Crippen LogP contribution in [0.25, 0.3) is 0 Å². The minimum absolute atomic E-state index is 0.145. The molecule has 2 unspecified atom stereocenters. The first-order chi connectivity index (χ1) is 13.6. The van der Waals surface area contributed by atoms with Gasteiger partial charge >= 0.3 is 0 Å². The molecular formula is C22H29N5O. The van der Waals surface area contributed by atoms with E-state index < -0.39 is 0 Å². The van der Waals surface area contributed by atoms with Crippen molar-refractivity contribution in [1.82, 2.24) is 20.7 Å². The molecule has 0 radical (unpaired) electrons. The van der Waals surface area contributed by atoms with E-state index in [-0.39, 0.29) is 5.91 Å². The highest BCUT2D eigenvalue weighted by atomic mass is 16.2. The number of piperidine rings is 1. The highest BCUT2D eigenvalue weighted by Crippen LogP contribution is 2.32. The van der Waals surface area contributed by atoms with Crippen molar-refractivity contribution in [3.63, 3.8) is 0 Å². The third-order valence-electron chi connectivity index (χ3n) is 6.12. The number of amides is 1. The lowest BCUT2D eigenvalue weighted by atomic mass is 9.80. The van der Waals surface area contributed by atoms with Crippen molar-refractivity contribution in [2.45, 2.75) is 24.8 Å². The molecule has 2 fully saturated rings. The molecule has 0 aliphatic carbocycles. The number of nitrogens with zero attached hydrogens (tertiary/aromatic N) is 3. The lowest BCUT2D eigenvalue weighted by molar-refractivity contribution is 0.0670. The van der Waals surface area contributed by atoms with Crippen LogP contribution >= 0.6 is 0 Å². The molecule has 3 heterocycles. The highest BCUT2D eigenvalue weighted by Gasteiger charge is 2.36. The lowest BCUT2D eigenvalue weighted by Gasteiger charge is -2.36. The summed E-state index contributed by atoms with van der Waals surface area (Å²) in [6.07, 6.45) is 5.80. The summed E-state index contributed by atoms with van der Waals surface area (Å²) in [4.78, 5) is 21.1. The van der Waals surface area contributed by atoms with Crippen molar-refractivity contribution < 1.29 is 4.79 Å². The maximum Gasteiger partial charge on any atom is 0.253 e. The van der Waals surface area contributed by atoms with Crippen molar-refractivity contribution in [1.29, 1.82) is 0 Å². The summed E-state index contributed by atoms with van der Waals surface area (Å²) >= 11 is 0. The molecule has 1 aromatic heterocycles. The first-order valence-electron chi connectivity index (χ1n) is 10.1. The Morgan fingerprint density at radius 2 is 1.75 bits per heavy atom. The fourth-order valence-corrected chi connectivity index (χ4v) is 4.44. The topological polar surface area (TPSA) is 60.5 Å². The minimum atomic E-state index is 0.145. The number of anilines is 1. The van der Waals surface area contributed by atoms with Gasteiger partial charge < -0.3 is 9.80 Å². The van der Waals surface area contributed by atoms with Gasteiger partial charge in [0.1, 0.15) is 0 Å². The molecule has 1 aromatic carbocycles. The van der Waals surface area contributed by atoms with Crippen LogP contribution in [0.2, 0.25) is 0 Å². The smallest absolute Gasteiger partial charge is 0.253 e. The first kappa shape index (κ1) is 18.9. The molecule has 148 valence electrons. The molecule has 0 bridgehead atoms. The van der Waals surface area contributed by atoms with Gasteiger partial charge in [-0.2, -0.15) is 0 Å². The molecule has 2 aliphatic rings. The third kappa shape index (κ3) is 3.88. The predicted molar refractivity (Wildman–Crippen MR) is 111 cm³/mol. The summed E-state index contributed by atoms with van der Waals surface area (Å²) < 4.78 is 0. The van der Waals surface area contributed by atoms with Gasteiger partial charge in [-0.05, 0) is 60.7 Å². The Balaban J connectivity index is 1.37. The van der Waals surface area contributed by atoms with E-state index in [2.05, 4.69) is 28.0 Å². The van der Waals surface area contributed by atoms with E-state index >= 15 is 0 Å². The summed E-state index contributed by atoms with van der Waals surface area (Å²) in [5.74, 6) is 1.16. The predicted octanol–water partition coefficient (Wildman–Crippen LogP) is 2.26. The van der Waals surface area contributed by atoms with Gasteiger partial charge in [-0.15, -0.1) is 0 Å². The first-order valence-corrected chi connectivity index (χ1v) is 10.1. The van der Waals surface area contributed by atoms with Gasteiger partial charge in [-0.25, -0.2) is 0 Å². The van der Waals surface area contributed by atoms with Crippen LogP contribution in [0, 0.1) is 5.92 Å². The molecule has 2 saturated heterocycles. The molecule has 6 heteroatoms. The molecule has 2 aliphatic heterocycles. The fraction of sp³-hybridized carbons (Fsp3) is 0.455. The van der Waals surface area contributed by atoms with Crippen LogP contribution in [-0.2, 0) is 0 Å². The zero-order valence-electron chi connectivity index (χ0n) is 16.6. The number of hydrazine groups is 1. The number of carbonyl (C=O) groups excluding carboxylic acids is 1. The average molecular weight is 380 g/mol. The van der Waals surface area contributed by atoms with E-state index in [1.807, 2.05) is 60.6 Å². The summed E-state index contributed by atoms with van der Waals surface area (Å²) in [7, 11) is 4.01. The molecule has 2 atom stereocenters. The van der Waals surface area contributed by atoms with Gasteiger partial charge in [0, 0.05) is 69.3 Å². The van der Waals surface area contributed by atoms with E-state index in [0.29, 0.717) is 17.9 Å². The van der Waals surface area contributed by atoms with Crippen LogP contribution in [0.1, 0.15) is 34.7 Å². The largest absolute Gasteiger partial charge is 0.378 e. The Morgan fingerprint density at radius 1 is 1.07 bits per heavy atom. The number of benzene rings is 1. The summed E-state index contributed by atoms with van der Waals surface area (Å²) in [6, 6.07) is 12.5. The number of aromatic nitrogens is 1. The summed E-state index contributed by atoms with van der Waals surface area (Å²) in [5.41, 5.74) is 10.0. The van der Waals surface area contributed by atoms with Crippen LogP contribution in [0.3, 0.4) is 0 Å². The number of rotatable bonds is 4. The number of carbonyl (C=O) groups is 1. The van der Waals surface area contributed by atoms with Crippen molar-refractivity contribution in [3.8, 4) is 0 Å². The van der Waals surface area contributed by atoms with Gasteiger partial charge in [-0.1, -0.05) is 0 Å². The van der Waals surface area contributed by atoms with Gasteiger partial charge in [-0.3, -0.25) is 20.6 Å². The molecule has 0 saturated carbocycles. The van der Waals surface area contributed by atoms with Gasteiger partial charge in [0.15, 0.2) is 0 Å². The highest BCUT2D eigenvalue weighted by molar-refractivity contribution is 5.94. The quantitative estimate of drug-likeness (QED) is 0.853. The lowest BCUT2D eigenvalue weighted by Crippen LogP contribution is -2.45. The average Bonchev–Trinajstić information content (AvgIpc) is 3.24. The maximum atomic E-state index is 12.9. The third-order valence-corrected chi connectivity index (χ3v) is 6.12. The van der Waals surface area contributed by atoms with E-state index in [9.17, 15) is 4.79 Å². The van der Waals surface area contributed by atoms with E-state index in [4.69, 9.17) is 0 Å². The monoisotopic (exact) mass is 379 g/mol. The Labute approximate surface area is 166 Å². The van der Waals surface area contributed by atoms with Crippen molar-refractivity contribution >= 4 is 11.6 Å². The zero-order chi connectivity index (χ0) is 19.5. The molecule has 4 rings (SSSR count). The molecule has 2 aromatic rings. The maximum absolute atomic E-state index is 12.9. The number of hydrogen-bond acceptors (Lipinski definition) is 5. The standard InChI is InChI=1S/C22H29N5O/c1-26(2)19-5-3-18(4-6-19)22(28)27-13-9-17(10-14-27)21-20(15-24-25-21)16-7-11-23-12-8-16/h3-8,11-12,17,20-21,24-25H,9-10,13-15H2,1-2H3. The summed E-state index contributed by atoms with van der Waals surface area (Å²) in [6.45, 7) is 2.58. The Kier molecular flexibility index (Phi) is 5.59. The van der Waals surface area contributed by atoms with Crippen molar-refractivity contribution in [3.05, 3.63) is 59.9 Å². The molecule has 0 spiro atoms. The van der Waals surface area contributed by atoms with Crippen LogP contribution in [0.4, 0.5) is 5.69 Å². The van der Waals surface area contributed by atoms with Gasteiger partial charge in [0.2, 0.25) is 0 Å². The fourth-order valence-electron chi connectivity index (χ4n) is 4.44. The van der Waals surface area contributed by atoms with E-state index in [1.165, 1.54) is 5.56 Å². The number of likely N-dealkylation sites (tertiary alicyclic amines) is 1. The minimum Gasteiger partial charge on any atom is -0.378 e. The Morgan fingerprint density at radius 3 is 2.39 bits per heavy atom. The second kappa shape index (κ2) is 8.29. The second-order valence-corrected chi connectivity index (χ2v) is 8.01. The van der Waals surface area contributed by atoms with Crippen LogP contribution < -0.4 is 15.8 Å². The normalized spacial score (nSPS) is 23.0. The molecule has 28 heavy (non-hydrogen) atoms. The number of nitrogens with one attached hydrogen (secondary N) is 2. The molecule has 1 amide bonds.